The van der Waals surface area contributed by atoms with Gasteiger partial charge in [0.2, 0.25) is 0 Å². The standard InChI is InChI=1S/C17H39P3/c1-10-12-14-20(9,15-13-11-2)18-19(16(3,4)5)17(6,7)8/h10-15H2,1-9H3. The van der Waals surface area contributed by atoms with Crippen molar-refractivity contribution >= 4 is 21.7 Å². The lowest BCUT2D eigenvalue weighted by atomic mass is 10.2. The van der Waals surface area contributed by atoms with Crippen LogP contribution in [0.25, 0.3) is 0 Å². The van der Waals surface area contributed by atoms with E-state index < -0.39 is 6.55 Å². The molecule has 0 saturated carbocycles. The molecular formula is C17H39P3. The van der Waals surface area contributed by atoms with Gasteiger partial charge in [0.05, 0.1) is 0 Å². The maximum absolute atomic E-state index is 2.67. The van der Waals surface area contributed by atoms with E-state index in [4.69, 9.17) is 0 Å². The van der Waals surface area contributed by atoms with Gasteiger partial charge in [-0.1, -0.05) is 82.3 Å². The Labute approximate surface area is 132 Å². The molecule has 0 unspecified atom stereocenters. The third-order valence-electron chi connectivity index (χ3n) is 3.56. The summed E-state index contributed by atoms with van der Waals surface area (Å²) in [6.45, 7) is 21.5. The summed E-state index contributed by atoms with van der Waals surface area (Å²) in [5, 5.41) is 0.962. The van der Waals surface area contributed by atoms with Crippen LogP contribution in [0.3, 0.4) is 0 Å². The van der Waals surface area contributed by atoms with Gasteiger partial charge < -0.3 is 0 Å². The van der Waals surface area contributed by atoms with Gasteiger partial charge in [-0.05, 0) is 49.8 Å². The van der Waals surface area contributed by atoms with Gasteiger partial charge in [0.15, 0.2) is 0 Å². The molecule has 0 radical (unpaired) electrons. The zero-order valence-electron chi connectivity index (χ0n) is 15.6. The van der Waals surface area contributed by atoms with Gasteiger partial charge >= 0.3 is 0 Å². The summed E-state index contributed by atoms with van der Waals surface area (Å²) in [4.78, 5) is 0. The molecule has 0 aromatic heterocycles. The molecule has 0 rings (SSSR count). The Morgan fingerprint density at radius 2 is 1.15 bits per heavy atom. The van der Waals surface area contributed by atoms with Crippen LogP contribution < -0.4 is 0 Å². The Kier molecular flexibility index (Phi) is 9.21. The van der Waals surface area contributed by atoms with E-state index >= 15 is 0 Å². The molecule has 0 spiro atoms. The summed E-state index contributed by atoms with van der Waals surface area (Å²) < 4.78 is 0. The van der Waals surface area contributed by atoms with Gasteiger partial charge in [0.25, 0.3) is 0 Å². The van der Waals surface area contributed by atoms with Crippen LogP contribution in [0.1, 0.15) is 81.1 Å². The second-order valence-corrected chi connectivity index (χ2v) is 21.5. The monoisotopic (exact) mass is 336 g/mol. The Balaban J connectivity index is 5.46. The molecule has 0 N–H and O–H groups in total. The molecule has 0 fully saturated rings. The van der Waals surface area contributed by atoms with E-state index in [0.29, 0.717) is 10.3 Å². The highest BCUT2D eigenvalue weighted by molar-refractivity contribution is 8.39. The van der Waals surface area contributed by atoms with Crippen molar-refractivity contribution in [2.45, 2.75) is 91.4 Å². The van der Waals surface area contributed by atoms with Gasteiger partial charge in [0.1, 0.15) is 0 Å². The molecule has 0 heterocycles. The fourth-order valence-corrected chi connectivity index (χ4v) is 22.7. The highest BCUT2D eigenvalue weighted by Crippen LogP contribution is 2.77. The molecule has 0 nitrogen and oxygen atoms in total. The normalized spacial score (nSPS) is 14.3. The maximum Gasteiger partial charge on any atom is -0.00983 e. The quantitative estimate of drug-likeness (QED) is 0.412. The Morgan fingerprint density at radius 3 is 1.40 bits per heavy atom. The molecule has 20 heavy (non-hydrogen) atoms. The molecule has 122 valence electrons. The second kappa shape index (κ2) is 8.70. The maximum atomic E-state index is 2.67. The van der Waals surface area contributed by atoms with Crippen molar-refractivity contribution in [1.82, 2.24) is 0 Å². The molecule has 0 saturated heterocycles. The molecule has 0 bridgehead atoms. The van der Waals surface area contributed by atoms with E-state index in [0.717, 1.165) is 0 Å². The van der Waals surface area contributed by atoms with E-state index in [2.05, 4.69) is 62.1 Å². The van der Waals surface area contributed by atoms with Gasteiger partial charge in [0, 0.05) is 0 Å². The Hall–Kier alpha value is 1.16. The highest BCUT2D eigenvalue weighted by atomic mass is 32.3. The number of rotatable bonds is 7. The summed E-state index contributed by atoms with van der Waals surface area (Å²) in [7, 11) is 1.92. The SMILES string of the molecule is CCCCP(C)(CCCC)=PP(C(C)(C)C)C(C)(C)C. The third kappa shape index (κ3) is 7.97. The molecule has 0 aliphatic heterocycles. The van der Waals surface area contributed by atoms with Crippen LogP contribution in [0, 0.1) is 0 Å². The van der Waals surface area contributed by atoms with Crippen LogP contribution in [0.2, 0.25) is 0 Å². The first-order chi connectivity index (χ1) is 8.96. The van der Waals surface area contributed by atoms with Crippen molar-refractivity contribution in [3.05, 3.63) is 0 Å². The van der Waals surface area contributed by atoms with E-state index in [1.807, 2.05) is 7.56 Å². The molecule has 0 aliphatic carbocycles. The third-order valence-corrected chi connectivity index (χ3v) is 21.4. The first-order valence-electron chi connectivity index (χ1n) is 8.34. The molecule has 3 heteroatoms. The van der Waals surface area contributed by atoms with Gasteiger partial charge in [-0.15, -0.1) is 0 Å². The van der Waals surface area contributed by atoms with Crippen LogP contribution in [-0.4, -0.2) is 29.3 Å². The Morgan fingerprint density at radius 1 is 0.800 bits per heavy atom. The number of hydrogen-bond acceptors (Lipinski definition) is 0. The zero-order chi connectivity index (χ0) is 16.0. The predicted octanol–water partition coefficient (Wildman–Crippen LogP) is 8.09. The molecular weight excluding hydrogens is 297 g/mol. The van der Waals surface area contributed by atoms with Crippen molar-refractivity contribution in [3.63, 3.8) is 0 Å². The number of hydrogen-bond donors (Lipinski definition) is 0. The smallest absolute Gasteiger partial charge is 0.00983 e. The van der Waals surface area contributed by atoms with Gasteiger partial charge in [-0.2, -0.15) is 0 Å². The van der Waals surface area contributed by atoms with Crippen LogP contribution in [0.5, 0.6) is 0 Å². The van der Waals surface area contributed by atoms with Crippen molar-refractivity contribution in [2.24, 2.45) is 0 Å². The first-order valence-corrected chi connectivity index (χ1v) is 14.6. The lowest BCUT2D eigenvalue weighted by Crippen LogP contribution is -2.21. The summed E-state index contributed by atoms with van der Waals surface area (Å²) in [6, 6.07) is 0. The first kappa shape index (κ1) is 21.2. The molecule has 0 aliphatic rings. The van der Waals surface area contributed by atoms with Crippen molar-refractivity contribution < 1.29 is 0 Å². The Bertz CT molecular complexity index is 292. The van der Waals surface area contributed by atoms with Crippen molar-refractivity contribution in [3.8, 4) is 0 Å². The zero-order valence-corrected chi connectivity index (χ0v) is 18.3. The van der Waals surface area contributed by atoms with E-state index in [1.165, 1.54) is 38.0 Å². The van der Waals surface area contributed by atoms with Crippen LogP contribution in [0.15, 0.2) is 0 Å². The molecule has 0 atom stereocenters. The van der Waals surface area contributed by atoms with Crippen LogP contribution in [0.4, 0.5) is 0 Å². The summed E-state index contributed by atoms with van der Waals surface area (Å²) in [5.41, 5.74) is 0. The lowest BCUT2D eigenvalue weighted by Gasteiger charge is -2.41. The van der Waals surface area contributed by atoms with Crippen LogP contribution in [-0.2, 0) is 0 Å². The minimum absolute atomic E-state index is 0.0578. The highest BCUT2D eigenvalue weighted by Gasteiger charge is 2.34. The van der Waals surface area contributed by atoms with Gasteiger partial charge in [-0.25, -0.2) is 0 Å². The minimum Gasteiger partial charge on any atom is -0.0810 e. The summed E-state index contributed by atoms with van der Waals surface area (Å²) in [6.07, 6.45) is 8.66. The number of unbranched alkanes of at least 4 members (excludes halogenated alkanes) is 2. The largest absolute Gasteiger partial charge is 0.0810 e. The van der Waals surface area contributed by atoms with E-state index in [9.17, 15) is 0 Å². The summed E-state index contributed by atoms with van der Waals surface area (Å²) >= 11 is 0. The molecule has 0 amide bonds. The van der Waals surface area contributed by atoms with Crippen molar-refractivity contribution in [2.75, 3.05) is 19.0 Å². The average molecular weight is 336 g/mol. The topological polar surface area (TPSA) is 0 Å². The molecule has 0 aromatic rings. The van der Waals surface area contributed by atoms with E-state index in [-0.39, 0.29) is 7.61 Å². The van der Waals surface area contributed by atoms with E-state index in [1.54, 1.807) is 0 Å². The minimum atomic E-state index is -0.750. The lowest BCUT2D eigenvalue weighted by molar-refractivity contribution is 0.720. The average Bonchev–Trinajstić information content (AvgIpc) is 2.28. The fraction of sp³-hybridized carbons (Fsp3) is 1.00. The second-order valence-electron chi connectivity index (χ2n) is 8.24. The summed E-state index contributed by atoms with van der Waals surface area (Å²) in [5.74, 6) is 0. The fourth-order valence-electron chi connectivity index (χ4n) is 2.69. The van der Waals surface area contributed by atoms with Crippen molar-refractivity contribution in [1.29, 1.82) is 0 Å². The van der Waals surface area contributed by atoms with Crippen LogP contribution >= 0.6 is 21.7 Å². The van der Waals surface area contributed by atoms with Gasteiger partial charge in [-0.3, -0.25) is 0 Å². The molecule has 0 aromatic carbocycles. The predicted molar refractivity (Wildman–Crippen MR) is 106 cm³/mol.